The summed E-state index contributed by atoms with van der Waals surface area (Å²) in [6.07, 6.45) is 9.70. The summed E-state index contributed by atoms with van der Waals surface area (Å²) in [7, 11) is 0. The van der Waals surface area contributed by atoms with Crippen LogP contribution in [-0.2, 0) is 31.9 Å². The molecule has 0 aliphatic heterocycles. The maximum atomic E-state index is 6.87. The average molecular weight is 1260 g/mol. The van der Waals surface area contributed by atoms with Gasteiger partial charge in [-0.05, 0) is 96.3 Å². The fourth-order valence-corrected chi connectivity index (χ4v) is 14.9. The molecule has 1 aliphatic carbocycles. The summed E-state index contributed by atoms with van der Waals surface area (Å²) in [4.78, 5) is 20.4. The van der Waals surface area contributed by atoms with Crippen molar-refractivity contribution in [3.63, 3.8) is 0 Å². The summed E-state index contributed by atoms with van der Waals surface area (Å²) >= 11 is -1.87. The van der Waals surface area contributed by atoms with Crippen molar-refractivity contribution in [1.29, 1.82) is 0 Å². The summed E-state index contributed by atoms with van der Waals surface area (Å²) in [6, 6.07) is 60.6. The molecule has 6 nitrogen and oxygen atoms in total. The number of aromatic nitrogens is 5. The smallest absolute Gasteiger partial charge is 0.216 e. The van der Waals surface area contributed by atoms with E-state index in [-0.39, 0.29) is 25.5 Å². The summed E-state index contributed by atoms with van der Waals surface area (Å²) < 4.78 is 10.8. The van der Waals surface area contributed by atoms with Crippen molar-refractivity contribution >= 4 is 61.7 Å². The number of pyridine rings is 3. The maximum absolute atomic E-state index is 6.87. The van der Waals surface area contributed by atoms with Crippen LogP contribution in [0.4, 0.5) is 0 Å². The summed E-state index contributed by atoms with van der Waals surface area (Å²) in [6.45, 7) is 15.9. The van der Waals surface area contributed by atoms with Gasteiger partial charge in [0.1, 0.15) is 0 Å². The molecule has 11 aromatic rings. The zero-order chi connectivity index (χ0) is 53.6. The normalized spacial score (nSPS) is 13.9. The Morgan fingerprint density at radius 2 is 1.37 bits per heavy atom. The first-order valence-electron chi connectivity index (χ1n) is 27.9. The molecule has 1 saturated carbocycles. The summed E-state index contributed by atoms with van der Waals surface area (Å²) in [5.74, 6) is 9.89. The SMILES string of the molecule is CCC(C)Cc1cc(-c2[c-]cccc2)nc[c]1[Ge]([CH3])([CH3])[CH3].Cc1ccc2c(ccc3nc(-c4[c-]ccc5c4oc4nc(C(C)C6CCCC6)ccc45)n(-c4c(-c5ccccc5)cc(C(C)(C)C)cc4-c4ccccc4)c32)n1.[Ir]. The van der Waals surface area contributed by atoms with E-state index in [1.54, 1.807) is 4.40 Å². The second-order valence-corrected chi connectivity index (χ2v) is 34.3. The van der Waals surface area contributed by atoms with Gasteiger partial charge in [-0.2, -0.15) is 0 Å². The first kappa shape index (κ1) is 54.8. The number of nitrogens with zero attached hydrogens (tertiary/aromatic N) is 5. The van der Waals surface area contributed by atoms with Crippen LogP contribution in [0.3, 0.4) is 0 Å². The first-order valence-corrected chi connectivity index (χ1v) is 35.3. The van der Waals surface area contributed by atoms with Gasteiger partial charge < -0.3 is 8.98 Å². The molecule has 5 aromatic heterocycles. The molecule has 6 aromatic carbocycles. The number of aryl methyl sites for hydroxylation is 1. The Morgan fingerprint density at radius 3 is 2.01 bits per heavy atom. The number of hydrogen-bond donors (Lipinski definition) is 0. The largest absolute Gasteiger partial charge is 0.486 e. The van der Waals surface area contributed by atoms with Crippen LogP contribution in [0.25, 0.3) is 94.6 Å². The minimum Gasteiger partial charge on any atom is -0.486 e. The van der Waals surface area contributed by atoms with E-state index < -0.39 is 13.3 Å². The van der Waals surface area contributed by atoms with Gasteiger partial charge in [0.2, 0.25) is 5.71 Å². The van der Waals surface area contributed by atoms with Crippen LogP contribution in [0.2, 0.25) is 17.3 Å². The van der Waals surface area contributed by atoms with E-state index >= 15 is 0 Å². The molecule has 5 heterocycles. The molecule has 1 aliphatic rings. The molecule has 1 radical (unpaired) electrons. The average Bonchev–Trinajstić information content (AvgIpc) is 4.41. The fraction of sp³-hybridized carbons (Fsp3) is 0.286. The third kappa shape index (κ3) is 11.0. The van der Waals surface area contributed by atoms with Crippen molar-refractivity contribution in [2.45, 2.75) is 116 Å². The predicted octanol–water partition coefficient (Wildman–Crippen LogP) is 18.2. The number of fused-ring (bicyclic) bond motifs is 6. The van der Waals surface area contributed by atoms with Crippen LogP contribution < -0.4 is 4.40 Å². The fourth-order valence-electron chi connectivity index (χ4n) is 11.6. The topological polar surface area (TPSA) is 69.6 Å². The van der Waals surface area contributed by atoms with Crippen molar-refractivity contribution in [3.05, 3.63) is 193 Å². The number of hydrogen-bond acceptors (Lipinski definition) is 5. The van der Waals surface area contributed by atoms with Gasteiger partial charge in [0, 0.05) is 59.3 Å². The predicted molar refractivity (Wildman–Crippen MR) is 325 cm³/mol. The molecule has 0 spiro atoms. The molecule has 0 amide bonds. The molecule has 8 heteroatoms. The molecular formula is C70H71GeIrN5O-2. The van der Waals surface area contributed by atoms with E-state index in [1.807, 2.05) is 25.1 Å². The van der Waals surface area contributed by atoms with E-state index in [1.165, 1.54) is 43.2 Å². The van der Waals surface area contributed by atoms with Gasteiger partial charge in [0.05, 0.1) is 33.6 Å². The van der Waals surface area contributed by atoms with Crippen molar-refractivity contribution in [2.24, 2.45) is 11.8 Å². The summed E-state index contributed by atoms with van der Waals surface area (Å²) in [5.41, 5.74) is 17.5. The molecule has 78 heavy (non-hydrogen) atoms. The Morgan fingerprint density at radius 1 is 0.705 bits per heavy atom. The van der Waals surface area contributed by atoms with E-state index in [4.69, 9.17) is 24.4 Å². The molecule has 2 atom stereocenters. The quantitative estimate of drug-likeness (QED) is 0.0953. The third-order valence-electron chi connectivity index (χ3n) is 16.2. The Labute approximate surface area is 477 Å². The van der Waals surface area contributed by atoms with E-state index in [0.29, 0.717) is 17.5 Å². The van der Waals surface area contributed by atoms with Crippen molar-refractivity contribution < 1.29 is 24.5 Å². The minimum atomic E-state index is -1.87. The van der Waals surface area contributed by atoms with Crippen LogP contribution in [-0.4, -0.2) is 37.8 Å². The van der Waals surface area contributed by atoms with Crippen LogP contribution >= 0.6 is 0 Å². The third-order valence-corrected chi connectivity index (χ3v) is 20.5. The number of furan rings is 1. The Bertz CT molecular complexity index is 3840. The minimum absolute atomic E-state index is 0. The standard InChI is InChI=1S/C51H45N4O.C19H26GeN.Ir/c1-31-23-24-39-44(52-31)27-28-45-47(39)55(46-41(34-17-8-6-9-18-34)29-36(51(3,4)5)30-42(46)35-19-10-7-11-20-35)49(53-45)40-22-14-21-37-38-25-26-43(54-50(38)56-48(37)40)32(2)33-15-12-13-16-33;1-6-15(2)12-17-13-19(16-10-8-7-9-11-16)21-14-18(17)20(3,4)5;/h6-11,14,17-21,23-30,32-33H,12-13,15-16H2,1-5H3;7-10,13-15H,6,12H2,1-5H3;/q2*-1;. The second-order valence-electron chi connectivity index (χ2n) is 23.7. The van der Waals surface area contributed by atoms with Crippen molar-refractivity contribution in [1.82, 2.24) is 24.5 Å². The Balaban J connectivity index is 0.000000264. The van der Waals surface area contributed by atoms with Gasteiger partial charge in [-0.15, -0.1) is 18.2 Å². The van der Waals surface area contributed by atoms with Crippen LogP contribution in [0.5, 0.6) is 0 Å². The monoisotopic (exact) mass is 1260 g/mol. The molecule has 0 saturated heterocycles. The molecule has 397 valence electrons. The molecule has 0 N–H and O–H groups in total. The van der Waals surface area contributed by atoms with Crippen molar-refractivity contribution in [3.8, 4) is 50.6 Å². The zero-order valence-electron chi connectivity index (χ0n) is 47.0. The molecule has 12 rings (SSSR count). The van der Waals surface area contributed by atoms with E-state index in [2.05, 4.69) is 215 Å². The number of imidazole rings is 1. The summed E-state index contributed by atoms with van der Waals surface area (Å²) in [5, 5.41) is 3.06. The number of benzene rings is 6. The van der Waals surface area contributed by atoms with Crippen LogP contribution in [0.1, 0.15) is 102 Å². The van der Waals surface area contributed by atoms with Crippen LogP contribution in [0.15, 0.2) is 162 Å². The second kappa shape index (κ2) is 22.7. The van der Waals surface area contributed by atoms with Crippen LogP contribution in [0, 0.1) is 30.9 Å². The molecule has 0 bridgehead atoms. The van der Waals surface area contributed by atoms with Gasteiger partial charge in [-0.25, -0.2) is 4.98 Å². The van der Waals surface area contributed by atoms with E-state index in [0.717, 1.165) is 113 Å². The maximum Gasteiger partial charge on any atom is 0.216 e. The Hall–Kier alpha value is -6.51. The van der Waals surface area contributed by atoms with Gasteiger partial charge in [0.15, 0.2) is 0 Å². The van der Waals surface area contributed by atoms with Gasteiger partial charge in [-0.1, -0.05) is 112 Å². The zero-order valence-corrected chi connectivity index (χ0v) is 51.5. The molecule has 2 unspecified atom stereocenters. The number of rotatable bonds is 11. The van der Waals surface area contributed by atoms with Gasteiger partial charge in [0.25, 0.3) is 0 Å². The molecular weight excluding hydrogens is 1190 g/mol. The van der Waals surface area contributed by atoms with Gasteiger partial charge >= 0.3 is 132 Å². The van der Waals surface area contributed by atoms with Crippen molar-refractivity contribution in [2.75, 3.05) is 0 Å². The molecule has 1 fully saturated rings. The first-order chi connectivity index (χ1) is 37.1. The van der Waals surface area contributed by atoms with E-state index in [9.17, 15) is 0 Å². The van der Waals surface area contributed by atoms with Gasteiger partial charge in [-0.3, -0.25) is 9.97 Å². The Kier molecular flexibility index (Phi) is 15.9.